The van der Waals surface area contributed by atoms with E-state index in [4.69, 9.17) is 5.73 Å². The molecular formula is C10H12N2S. The average molecular weight is 192 g/mol. The normalized spacial score (nSPS) is 13.0. The fraction of sp³-hybridized carbons (Fsp3) is 0.200. The molecule has 13 heavy (non-hydrogen) atoms. The van der Waals surface area contributed by atoms with Gasteiger partial charge in [-0.2, -0.15) is 0 Å². The first-order chi connectivity index (χ1) is 6.36. The molecule has 2 aromatic heterocycles. The molecule has 1 unspecified atom stereocenters. The van der Waals surface area contributed by atoms with Gasteiger partial charge in [0.15, 0.2) is 0 Å². The smallest absolute Gasteiger partial charge is 0.0496 e. The molecule has 68 valence electrons. The number of thiophene rings is 1. The zero-order valence-corrected chi connectivity index (χ0v) is 8.05. The third-order valence-corrected chi connectivity index (χ3v) is 2.92. The number of rotatable bonds is 3. The van der Waals surface area contributed by atoms with Crippen molar-refractivity contribution in [3.63, 3.8) is 0 Å². The van der Waals surface area contributed by atoms with Crippen LogP contribution < -0.4 is 5.73 Å². The van der Waals surface area contributed by atoms with E-state index in [1.165, 1.54) is 4.88 Å². The fourth-order valence-electron chi connectivity index (χ4n) is 1.33. The van der Waals surface area contributed by atoms with E-state index in [0.717, 1.165) is 12.1 Å². The second kappa shape index (κ2) is 3.77. The highest BCUT2D eigenvalue weighted by Crippen LogP contribution is 2.17. The number of nitrogens with one attached hydrogen (secondary N) is 1. The predicted octanol–water partition coefficient (Wildman–Crippen LogP) is 2.32. The second-order valence-electron chi connectivity index (χ2n) is 3.02. The van der Waals surface area contributed by atoms with Crippen molar-refractivity contribution >= 4 is 11.3 Å². The van der Waals surface area contributed by atoms with Crippen LogP contribution >= 0.6 is 11.3 Å². The lowest BCUT2D eigenvalue weighted by Gasteiger charge is -2.07. The lowest BCUT2D eigenvalue weighted by atomic mass is 10.1. The molecule has 1 atom stereocenters. The van der Waals surface area contributed by atoms with Gasteiger partial charge >= 0.3 is 0 Å². The van der Waals surface area contributed by atoms with Crippen LogP contribution in [0, 0.1) is 0 Å². The number of hydrogen-bond acceptors (Lipinski definition) is 2. The van der Waals surface area contributed by atoms with E-state index in [9.17, 15) is 0 Å². The Hall–Kier alpha value is -1.06. The molecule has 2 aromatic rings. The number of H-pyrrole nitrogens is 1. The van der Waals surface area contributed by atoms with Gasteiger partial charge in [-0.1, -0.05) is 6.07 Å². The van der Waals surface area contributed by atoms with Crippen molar-refractivity contribution in [3.05, 3.63) is 46.4 Å². The SMILES string of the molecule is NC(Cc1cccs1)c1ccc[nH]1. The Bertz CT molecular complexity index is 337. The molecule has 0 aliphatic rings. The van der Waals surface area contributed by atoms with Gasteiger partial charge in [-0.25, -0.2) is 0 Å². The van der Waals surface area contributed by atoms with Crippen LogP contribution in [0.3, 0.4) is 0 Å². The third kappa shape index (κ3) is 1.99. The molecule has 2 nitrogen and oxygen atoms in total. The van der Waals surface area contributed by atoms with E-state index in [2.05, 4.69) is 22.5 Å². The lowest BCUT2D eigenvalue weighted by Crippen LogP contribution is -2.12. The van der Waals surface area contributed by atoms with Crippen molar-refractivity contribution in [1.82, 2.24) is 4.98 Å². The zero-order valence-electron chi connectivity index (χ0n) is 7.23. The maximum absolute atomic E-state index is 6.01. The minimum absolute atomic E-state index is 0.0913. The molecule has 0 amide bonds. The van der Waals surface area contributed by atoms with Gasteiger partial charge in [0, 0.05) is 29.2 Å². The number of hydrogen-bond donors (Lipinski definition) is 2. The van der Waals surface area contributed by atoms with Crippen LogP contribution in [-0.2, 0) is 6.42 Å². The first-order valence-electron chi connectivity index (χ1n) is 4.27. The molecule has 0 fully saturated rings. The molecule has 2 heterocycles. The summed E-state index contributed by atoms with van der Waals surface area (Å²) in [6.07, 6.45) is 2.82. The van der Waals surface area contributed by atoms with Gasteiger partial charge in [0.25, 0.3) is 0 Å². The van der Waals surface area contributed by atoms with Crippen LogP contribution in [0.5, 0.6) is 0 Å². The first-order valence-corrected chi connectivity index (χ1v) is 5.15. The van der Waals surface area contributed by atoms with Crippen LogP contribution in [0.25, 0.3) is 0 Å². The third-order valence-electron chi connectivity index (χ3n) is 2.02. The molecule has 0 aliphatic heterocycles. The Kier molecular flexibility index (Phi) is 2.47. The number of aromatic amines is 1. The molecule has 0 aliphatic carbocycles. The highest BCUT2D eigenvalue weighted by atomic mass is 32.1. The minimum atomic E-state index is 0.0913. The molecule has 3 heteroatoms. The second-order valence-corrected chi connectivity index (χ2v) is 4.05. The lowest BCUT2D eigenvalue weighted by molar-refractivity contribution is 0.709. The number of aromatic nitrogens is 1. The van der Waals surface area contributed by atoms with E-state index < -0.39 is 0 Å². The molecule has 0 saturated carbocycles. The monoisotopic (exact) mass is 192 g/mol. The topological polar surface area (TPSA) is 41.8 Å². The molecule has 0 radical (unpaired) electrons. The van der Waals surface area contributed by atoms with Crippen molar-refractivity contribution in [1.29, 1.82) is 0 Å². The minimum Gasteiger partial charge on any atom is -0.364 e. The Morgan fingerprint density at radius 2 is 2.31 bits per heavy atom. The van der Waals surface area contributed by atoms with Crippen LogP contribution in [0.2, 0.25) is 0 Å². The highest BCUT2D eigenvalue weighted by Gasteiger charge is 2.07. The van der Waals surface area contributed by atoms with E-state index in [-0.39, 0.29) is 6.04 Å². The maximum Gasteiger partial charge on any atom is 0.0496 e. The van der Waals surface area contributed by atoms with E-state index in [1.807, 2.05) is 18.3 Å². The van der Waals surface area contributed by atoms with Crippen LogP contribution in [0.15, 0.2) is 35.8 Å². The first kappa shape index (κ1) is 8.53. The Morgan fingerprint density at radius 1 is 1.38 bits per heavy atom. The summed E-state index contributed by atoms with van der Waals surface area (Å²) in [5.41, 5.74) is 7.11. The van der Waals surface area contributed by atoms with Crippen molar-refractivity contribution < 1.29 is 0 Å². The van der Waals surface area contributed by atoms with Crippen LogP contribution in [0.1, 0.15) is 16.6 Å². The van der Waals surface area contributed by atoms with Gasteiger partial charge in [0.1, 0.15) is 0 Å². The summed E-state index contributed by atoms with van der Waals surface area (Å²) in [6, 6.07) is 8.27. The summed E-state index contributed by atoms with van der Waals surface area (Å²) in [4.78, 5) is 4.46. The molecule has 2 rings (SSSR count). The quantitative estimate of drug-likeness (QED) is 0.770. The summed E-state index contributed by atoms with van der Waals surface area (Å²) in [6.45, 7) is 0. The Labute approximate surface area is 81.4 Å². The maximum atomic E-state index is 6.01. The summed E-state index contributed by atoms with van der Waals surface area (Å²) in [5, 5.41) is 2.08. The van der Waals surface area contributed by atoms with Gasteiger partial charge < -0.3 is 10.7 Å². The van der Waals surface area contributed by atoms with Gasteiger partial charge in [0.05, 0.1) is 0 Å². The zero-order chi connectivity index (χ0) is 9.10. The fourth-order valence-corrected chi connectivity index (χ4v) is 2.10. The van der Waals surface area contributed by atoms with Crippen molar-refractivity contribution in [2.75, 3.05) is 0 Å². The molecule has 0 bridgehead atoms. The van der Waals surface area contributed by atoms with E-state index >= 15 is 0 Å². The van der Waals surface area contributed by atoms with E-state index in [1.54, 1.807) is 11.3 Å². The van der Waals surface area contributed by atoms with Gasteiger partial charge in [-0.3, -0.25) is 0 Å². The Morgan fingerprint density at radius 3 is 2.92 bits per heavy atom. The van der Waals surface area contributed by atoms with Gasteiger partial charge in [-0.05, 0) is 23.6 Å². The standard InChI is InChI=1S/C10H12N2S/c11-9(10-4-1-5-12-10)7-8-3-2-6-13-8/h1-6,9,12H,7,11H2. The van der Waals surface area contributed by atoms with Gasteiger partial charge in [0.2, 0.25) is 0 Å². The molecule has 3 N–H and O–H groups in total. The summed E-state index contributed by atoms with van der Waals surface area (Å²) in [7, 11) is 0. The molecular weight excluding hydrogens is 180 g/mol. The predicted molar refractivity (Wildman–Crippen MR) is 55.7 cm³/mol. The van der Waals surface area contributed by atoms with Crippen molar-refractivity contribution in [3.8, 4) is 0 Å². The van der Waals surface area contributed by atoms with Gasteiger partial charge in [-0.15, -0.1) is 11.3 Å². The average Bonchev–Trinajstić information content (AvgIpc) is 2.74. The van der Waals surface area contributed by atoms with Crippen molar-refractivity contribution in [2.45, 2.75) is 12.5 Å². The Balaban J connectivity index is 2.04. The molecule has 0 spiro atoms. The summed E-state index contributed by atoms with van der Waals surface area (Å²) in [5.74, 6) is 0. The molecule has 0 aromatic carbocycles. The van der Waals surface area contributed by atoms with Crippen LogP contribution in [0.4, 0.5) is 0 Å². The summed E-state index contributed by atoms with van der Waals surface area (Å²) >= 11 is 1.75. The van der Waals surface area contributed by atoms with Crippen LogP contribution in [-0.4, -0.2) is 4.98 Å². The van der Waals surface area contributed by atoms with Crippen molar-refractivity contribution in [2.24, 2.45) is 5.73 Å². The van der Waals surface area contributed by atoms with E-state index in [0.29, 0.717) is 0 Å². The number of nitrogens with two attached hydrogens (primary N) is 1. The highest BCUT2D eigenvalue weighted by molar-refractivity contribution is 7.09. The largest absolute Gasteiger partial charge is 0.364 e. The summed E-state index contributed by atoms with van der Waals surface area (Å²) < 4.78 is 0. The molecule has 0 saturated heterocycles.